The molecule has 0 aliphatic rings. The fraction of sp³-hybridized carbons (Fsp3) is 0.889. The second-order valence-corrected chi connectivity index (χ2v) is 3.05. The van der Waals surface area contributed by atoms with Crippen molar-refractivity contribution >= 4 is 5.96 Å². The van der Waals surface area contributed by atoms with E-state index in [2.05, 4.69) is 24.2 Å². The van der Waals surface area contributed by atoms with Gasteiger partial charge in [-0.25, -0.2) is 0 Å². The molecule has 3 nitrogen and oxygen atoms in total. The monoisotopic (exact) mass is 171 g/mol. The van der Waals surface area contributed by atoms with Crippen molar-refractivity contribution in [3.8, 4) is 0 Å². The van der Waals surface area contributed by atoms with Gasteiger partial charge in [0.1, 0.15) is 0 Å². The van der Waals surface area contributed by atoms with E-state index in [4.69, 9.17) is 5.73 Å². The lowest BCUT2D eigenvalue weighted by Gasteiger charge is -2.13. The number of guanidine groups is 1. The standard InChI is InChI=1S/C9H21N3/c1-4-6-7-8(3)12-9(10)11-5-2/h8H,4-7H2,1-3H3,(H3,10,11,12). The molecule has 0 rings (SSSR count). The zero-order chi connectivity index (χ0) is 9.40. The minimum Gasteiger partial charge on any atom is -0.370 e. The third kappa shape index (κ3) is 6.01. The first-order valence-corrected chi connectivity index (χ1v) is 4.77. The molecule has 0 bridgehead atoms. The third-order valence-electron chi connectivity index (χ3n) is 1.71. The lowest BCUT2D eigenvalue weighted by Crippen LogP contribution is -2.38. The Morgan fingerprint density at radius 1 is 1.50 bits per heavy atom. The Balaban J connectivity index is 3.53. The van der Waals surface area contributed by atoms with E-state index >= 15 is 0 Å². The summed E-state index contributed by atoms with van der Waals surface area (Å²) in [6, 6.07) is 0.445. The smallest absolute Gasteiger partial charge is 0.188 e. The van der Waals surface area contributed by atoms with Crippen LogP contribution < -0.4 is 11.1 Å². The highest BCUT2D eigenvalue weighted by Crippen LogP contribution is 1.98. The molecular formula is C9H21N3. The van der Waals surface area contributed by atoms with Crippen LogP contribution in [-0.4, -0.2) is 18.5 Å². The third-order valence-corrected chi connectivity index (χ3v) is 1.71. The lowest BCUT2D eigenvalue weighted by molar-refractivity contribution is 0.568. The number of rotatable bonds is 5. The molecule has 0 fully saturated rings. The minimum atomic E-state index is 0.445. The van der Waals surface area contributed by atoms with Gasteiger partial charge in [0.2, 0.25) is 0 Å². The van der Waals surface area contributed by atoms with Crippen LogP contribution in [0.5, 0.6) is 0 Å². The highest BCUT2D eigenvalue weighted by atomic mass is 15.1. The van der Waals surface area contributed by atoms with Crippen LogP contribution in [0, 0.1) is 0 Å². The summed E-state index contributed by atoms with van der Waals surface area (Å²) in [5, 5.41) is 3.14. The second kappa shape index (κ2) is 6.95. The Bertz CT molecular complexity index is 132. The molecule has 0 heterocycles. The molecule has 0 saturated heterocycles. The topological polar surface area (TPSA) is 50.4 Å². The van der Waals surface area contributed by atoms with E-state index < -0.39 is 0 Å². The molecule has 0 aliphatic heterocycles. The van der Waals surface area contributed by atoms with Gasteiger partial charge < -0.3 is 11.1 Å². The van der Waals surface area contributed by atoms with Gasteiger partial charge in [-0.1, -0.05) is 19.8 Å². The number of nitrogens with one attached hydrogen (secondary N) is 1. The van der Waals surface area contributed by atoms with Crippen LogP contribution in [0.1, 0.15) is 40.0 Å². The molecule has 0 radical (unpaired) electrons. The summed E-state index contributed by atoms with van der Waals surface area (Å²) in [4.78, 5) is 4.06. The molecular weight excluding hydrogens is 150 g/mol. The van der Waals surface area contributed by atoms with Crippen LogP contribution >= 0.6 is 0 Å². The maximum Gasteiger partial charge on any atom is 0.188 e. The molecule has 72 valence electrons. The Kier molecular flexibility index (Phi) is 6.53. The Hall–Kier alpha value is -0.730. The van der Waals surface area contributed by atoms with E-state index in [1.165, 1.54) is 12.8 Å². The molecule has 12 heavy (non-hydrogen) atoms. The van der Waals surface area contributed by atoms with Gasteiger partial charge in [0.15, 0.2) is 5.96 Å². The van der Waals surface area contributed by atoms with Crippen molar-refractivity contribution < 1.29 is 0 Å². The highest BCUT2D eigenvalue weighted by Gasteiger charge is 2.00. The van der Waals surface area contributed by atoms with Crippen molar-refractivity contribution in [2.45, 2.75) is 46.1 Å². The quantitative estimate of drug-likeness (QED) is 0.486. The fourth-order valence-corrected chi connectivity index (χ4v) is 1.05. The van der Waals surface area contributed by atoms with Gasteiger partial charge in [-0.3, -0.25) is 4.99 Å². The molecule has 0 amide bonds. The summed E-state index contributed by atoms with van der Waals surface area (Å²) in [6.45, 7) is 7.05. The first-order chi connectivity index (χ1) is 5.70. The number of nitrogens with two attached hydrogens (primary N) is 1. The molecule has 0 saturated carbocycles. The van der Waals surface area contributed by atoms with Crippen molar-refractivity contribution in [3.63, 3.8) is 0 Å². The van der Waals surface area contributed by atoms with Crippen molar-refractivity contribution in [2.75, 3.05) is 6.54 Å². The molecule has 1 unspecified atom stereocenters. The second-order valence-electron chi connectivity index (χ2n) is 3.05. The van der Waals surface area contributed by atoms with E-state index in [9.17, 15) is 0 Å². The summed E-state index contributed by atoms with van der Waals surface area (Å²) < 4.78 is 0. The normalized spacial score (nSPS) is 14.4. The van der Waals surface area contributed by atoms with E-state index in [1.807, 2.05) is 6.92 Å². The van der Waals surface area contributed by atoms with Crippen LogP contribution in [0.15, 0.2) is 4.99 Å². The Morgan fingerprint density at radius 3 is 2.67 bits per heavy atom. The van der Waals surface area contributed by atoms with Crippen LogP contribution in [0.3, 0.4) is 0 Å². The molecule has 1 atom stereocenters. The lowest BCUT2D eigenvalue weighted by atomic mass is 10.1. The number of unbranched alkanes of at least 4 members (excludes halogenated alkanes) is 1. The molecule has 0 aliphatic carbocycles. The SMILES string of the molecule is CCCCC(C)NC(N)=NCC. The largest absolute Gasteiger partial charge is 0.370 e. The minimum absolute atomic E-state index is 0.445. The maximum atomic E-state index is 5.60. The number of hydrogen-bond donors (Lipinski definition) is 2. The summed E-state index contributed by atoms with van der Waals surface area (Å²) >= 11 is 0. The summed E-state index contributed by atoms with van der Waals surface area (Å²) in [5.41, 5.74) is 5.60. The van der Waals surface area contributed by atoms with Gasteiger partial charge >= 0.3 is 0 Å². The first kappa shape index (κ1) is 11.3. The molecule has 0 spiro atoms. The molecule has 3 heteroatoms. The first-order valence-electron chi connectivity index (χ1n) is 4.77. The number of aliphatic imine (C=N–C) groups is 1. The Labute approximate surface area is 75.4 Å². The molecule has 0 aromatic carbocycles. The van der Waals surface area contributed by atoms with Crippen molar-refractivity contribution in [1.82, 2.24) is 5.32 Å². The zero-order valence-corrected chi connectivity index (χ0v) is 8.43. The van der Waals surface area contributed by atoms with E-state index in [-0.39, 0.29) is 0 Å². The average Bonchev–Trinajstić information content (AvgIpc) is 2.01. The molecule has 3 N–H and O–H groups in total. The maximum absolute atomic E-state index is 5.60. The van der Waals surface area contributed by atoms with E-state index in [0.717, 1.165) is 13.0 Å². The zero-order valence-electron chi connectivity index (χ0n) is 8.43. The molecule has 0 aromatic rings. The highest BCUT2D eigenvalue weighted by molar-refractivity contribution is 5.78. The predicted octanol–water partition coefficient (Wildman–Crippen LogP) is 1.49. The summed E-state index contributed by atoms with van der Waals surface area (Å²) in [6.07, 6.45) is 3.64. The van der Waals surface area contributed by atoms with Crippen molar-refractivity contribution in [3.05, 3.63) is 0 Å². The average molecular weight is 171 g/mol. The number of nitrogens with zero attached hydrogens (tertiary/aromatic N) is 1. The fourth-order valence-electron chi connectivity index (χ4n) is 1.05. The van der Waals surface area contributed by atoms with Gasteiger partial charge in [0.25, 0.3) is 0 Å². The Morgan fingerprint density at radius 2 is 2.17 bits per heavy atom. The summed E-state index contributed by atoms with van der Waals surface area (Å²) in [7, 11) is 0. The van der Waals surface area contributed by atoms with Gasteiger partial charge in [0, 0.05) is 12.6 Å². The van der Waals surface area contributed by atoms with Crippen LogP contribution in [-0.2, 0) is 0 Å². The van der Waals surface area contributed by atoms with E-state index in [1.54, 1.807) is 0 Å². The number of hydrogen-bond acceptors (Lipinski definition) is 1. The van der Waals surface area contributed by atoms with Crippen molar-refractivity contribution in [1.29, 1.82) is 0 Å². The van der Waals surface area contributed by atoms with Gasteiger partial charge in [0.05, 0.1) is 0 Å². The molecule has 0 aromatic heterocycles. The van der Waals surface area contributed by atoms with Crippen LogP contribution in [0.2, 0.25) is 0 Å². The van der Waals surface area contributed by atoms with Gasteiger partial charge in [-0.2, -0.15) is 0 Å². The van der Waals surface area contributed by atoms with Crippen LogP contribution in [0.4, 0.5) is 0 Å². The van der Waals surface area contributed by atoms with Crippen molar-refractivity contribution in [2.24, 2.45) is 10.7 Å². The van der Waals surface area contributed by atoms with Gasteiger partial charge in [-0.15, -0.1) is 0 Å². The van der Waals surface area contributed by atoms with E-state index in [0.29, 0.717) is 12.0 Å². The van der Waals surface area contributed by atoms with Crippen LogP contribution in [0.25, 0.3) is 0 Å². The predicted molar refractivity (Wildman–Crippen MR) is 54.3 cm³/mol. The van der Waals surface area contributed by atoms with Gasteiger partial charge in [-0.05, 0) is 20.3 Å². The summed E-state index contributed by atoms with van der Waals surface area (Å²) in [5.74, 6) is 0.570.